The molecule has 2 saturated heterocycles. The molecule has 2 fully saturated rings. The van der Waals surface area contributed by atoms with E-state index in [0.29, 0.717) is 17.1 Å². The molecule has 0 amide bonds. The average molecular weight is 414 g/mol. The van der Waals surface area contributed by atoms with Gasteiger partial charge in [-0.25, -0.2) is 34.2 Å². The van der Waals surface area contributed by atoms with Gasteiger partial charge >= 0.3 is 3.91 Å². The topological polar surface area (TPSA) is 151 Å². The van der Waals surface area contributed by atoms with Gasteiger partial charge in [-0.1, -0.05) is 0 Å². The van der Waals surface area contributed by atoms with Crippen molar-refractivity contribution < 1.29 is 25.3 Å². The Hall–Kier alpha value is -1.10. The van der Waals surface area contributed by atoms with Crippen LogP contribution in [0.2, 0.25) is 0 Å². The fraction of sp³-hybridized carbons (Fsp3) is 0.700. The first kappa shape index (κ1) is 18.7. The Bertz CT molecular complexity index is 868. The van der Waals surface area contributed by atoms with Gasteiger partial charge in [0.25, 0.3) is 30.1 Å². The lowest BCUT2D eigenvalue weighted by Gasteiger charge is -2.26. The van der Waals surface area contributed by atoms with Crippen LogP contribution in [0.25, 0.3) is 0 Å². The zero-order valence-corrected chi connectivity index (χ0v) is 15.5. The summed E-state index contributed by atoms with van der Waals surface area (Å²) in [7, 11) is -14.2. The number of imidazole rings is 1. The maximum Gasteiger partial charge on any atom is 0.309 e. The minimum atomic E-state index is -4.81. The molecule has 25 heavy (non-hydrogen) atoms. The standard InChI is InChI=1S/C10H18N6O6S3/c17-23(18,14-4-1-11-7-14)10(24(19,20)15-5-2-12-8-15)25(21,22)16-6-3-13-9-16/h1,4,7,10,12-13H,2-3,5-6,8-9H2. The molecule has 142 valence electrons. The normalized spacial score (nSPS) is 21.3. The van der Waals surface area contributed by atoms with E-state index in [1.807, 2.05) is 0 Å². The molecule has 2 N–H and O–H groups in total. The highest BCUT2D eigenvalue weighted by Gasteiger charge is 2.54. The van der Waals surface area contributed by atoms with Crippen LogP contribution in [0.15, 0.2) is 18.7 Å². The molecule has 0 bridgehead atoms. The van der Waals surface area contributed by atoms with Crippen LogP contribution < -0.4 is 10.6 Å². The predicted octanol–water partition coefficient (Wildman–Crippen LogP) is -3.27. The Balaban J connectivity index is 2.15. The number of sulfonamides is 2. The molecule has 0 radical (unpaired) electrons. The van der Waals surface area contributed by atoms with Crippen molar-refractivity contribution in [3.05, 3.63) is 18.7 Å². The van der Waals surface area contributed by atoms with Crippen LogP contribution in [0.1, 0.15) is 0 Å². The summed E-state index contributed by atoms with van der Waals surface area (Å²) in [5, 5.41) is 5.51. The summed E-state index contributed by atoms with van der Waals surface area (Å²) in [6, 6.07) is 0. The Kier molecular flexibility index (Phi) is 4.91. The van der Waals surface area contributed by atoms with Crippen molar-refractivity contribution in [1.29, 1.82) is 0 Å². The second-order valence-electron chi connectivity index (χ2n) is 5.48. The van der Waals surface area contributed by atoms with E-state index in [1.165, 1.54) is 0 Å². The molecular formula is C10H18N6O6S3. The second-order valence-corrected chi connectivity index (χ2v) is 12.3. The van der Waals surface area contributed by atoms with Crippen LogP contribution in [0, 0.1) is 0 Å². The van der Waals surface area contributed by atoms with Gasteiger partial charge in [-0.3, -0.25) is 0 Å². The molecule has 0 atom stereocenters. The molecule has 0 saturated carbocycles. The number of nitrogens with zero attached hydrogens (tertiary/aromatic N) is 4. The van der Waals surface area contributed by atoms with Gasteiger partial charge in [-0.2, -0.15) is 8.61 Å². The van der Waals surface area contributed by atoms with Gasteiger partial charge in [0.05, 0.1) is 13.3 Å². The van der Waals surface area contributed by atoms with E-state index < -0.39 is 34.0 Å². The van der Waals surface area contributed by atoms with Gasteiger partial charge in [0.15, 0.2) is 0 Å². The molecule has 3 heterocycles. The lowest BCUT2D eigenvalue weighted by molar-refractivity contribution is 0.457. The summed E-state index contributed by atoms with van der Waals surface area (Å²) in [6.45, 7) is 0.307. The lowest BCUT2D eigenvalue weighted by Crippen LogP contribution is -2.52. The summed E-state index contributed by atoms with van der Waals surface area (Å²) in [5.74, 6) is 0. The molecule has 1 aromatic heterocycles. The molecular weight excluding hydrogens is 396 g/mol. The van der Waals surface area contributed by atoms with Crippen LogP contribution in [-0.4, -0.2) is 86.3 Å². The second kappa shape index (κ2) is 6.57. The maximum atomic E-state index is 12.9. The van der Waals surface area contributed by atoms with Crippen molar-refractivity contribution in [3.8, 4) is 0 Å². The monoisotopic (exact) mass is 414 g/mol. The largest absolute Gasteiger partial charge is 0.309 e. The molecule has 0 unspecified atom stereocenters. The fourth-order valence-electron chi connectivity index (χ4n) is 2.61. The molecule has 0 aromatic carbocycles. The number of hydrogen-bond donors (Lipinski definition) is 2. The van der Waals surface area contributed by atoms with Crippen molar-refractivity contribution in [2.45, 2.75) is 3.91 Å². The summed E-state index contributed by atoms with van der Waals surface area (Å²) in [5.41, 5.74) is 0. The highest BCUT2D eigenvalue weighted by atomic mass is 32.3. The summed E-state index contributed by atoms with van der Waals surface area (Å²) < 4.78 is 76.9. The highest BCUT2D eigenvalue weighted by Crippen LogP contribution is 2.26. The molecule has 2 aliphatic heterocycles. The number of hydrogen-bond acceptors (Lipinski definition) is 9. The smallest absolute Gasteiger partial charge is 0.302 e. The van der Waals surface area contributed by atoms with Crippen molar-refractivity contribution in [3.63, 3.8) is 0 Å². The summed E-state index contributed by atoms with van der Waals surface area (Å²) in [4.78, 5) is 3.57. The zero-order valence-electron chi connectivity index (χ0n) is 13.0. The van der Waals surface area contributed by atoms with E-state index in [-0.39, 0.29) is 26.4 Å². The third-order valence-corrected chi connectivity index (χ3v) is 12.6. The predicted molar refractivity (Wildman–Crippen MR) is 87.3 cm³/mol. The minimum absolute atomic E-state index is 0.00789. The minimum Gasteiger partial charge on any atom is -0.302 e. The van der Waals surface area contributed by atoms with Crippen LogP contribution in [0.4, 0.5) is 0 Å². The molecule has 0 spiro atoms. The number of aromatic nitrogens is 2. The summed E-state index contributed by atoms with van der Waals surface area (Å²) in [6.07, 6.45) is 2.98. The first-order valence-electron chi connectivity index (χ1n) is 7.30. The van der Waals surface area contributed by atoms with E-state index in [1.54, 1.807) is 0 Å². The van der Waals surface area contributed by atoms with Crippen molar-refractivity contribution >= 4 is 30.1 Å². The lowest BCUT2D eigenvalue weighted by atomic mass is 10.7. The van der Waals surface area contributed by atoms with Crippen molar-refractivity contribution in [1.82, 2.24) is 28.2 Å². The van der Waals surface area contributed by atoms with Crippen molar-refractivity contribution in [2.24, 2.45) is 0 Å². The Morgan fingerprint density at radius 3 is 1.72 bits per heavy atom. The molecule has 3 rings (SSSR count). The third-order valence-electron chi connectivity index (χ3n) is 3.88. The average Bonchev–Trinajstić information content (AvgIpc) is 3.27. The van der Waals surface area contributed by atoms with E-state index in [4.69, 9.17) is 0 Å². The van der Waals surface area contributed by atoms with Crippen molar-refractivity contribution in [2.75, 3.05) is 39.5 Å². The number of rotatable bonds is 6. The SMILES string of the molecule is O=S(=O)(C(S(=O)(=O)N1CCNC1)S(=O)(=O)n1ccnc1)N1CCNC1. The zero-order chi connectivity index (χ0) is 18.3. The first-order chi connectivity index (χ1) is 11.7. The molecule has 12 nitrogen and oxygen atoms in total. The molecule has 0 aliphatic carbocycles. The highest BCUT2D eigenvalue weighted by molar-refractivity contribution is 8.22. The number of nitrogens with one attached hydrogen (secondary N) is 2. The first-order valence-corrected chi connectivity index (χ1v) is 11.8. The van der Waals surface area contributed by atoms with Gasteiger partial charge in [0, 0.05) is 38.6 Å². The van der Waals surface area contributed by atoms with E-state index in [0.717, 1.165) is 27.3 Å². The Morgan fingerprint density at radius 2 is 1.36 bits per heavy atom. The third kappa shape index (κ3) is 3.20. The molecule has 15 heteroatoms. The van der Waals surface area contributed by atoms with Crippen LogP contribution in [0.3, 0.4) is 0 Å². The van der Waals surface area contributed by atoms with Gasteiger partial charge in [-0.15, -0.1) is 0 Å². The van der Waals surface area contributed by atoms with E-state index in [9.17, 15) is 25.3 Å². The Morgan fingerprint density at radius 1 is 0.840 bits per heavy atom. The molecule has 2 aliphatic rings. The van der Waals surface area contributed by atoms with Gasteiger partial charge in [-0.05, 0) is 0 Å². The van der Waals surface area contributed by atoms with Crippen LogP contribution in [-0.2, 0) is 30.1 Å². The van der Waals surface area contributed by atoms with Crippen LogP contribution >= 0.6 is 0 Å². The maximum absolute atomic E-state index is 12.9. The Labute approximate surface area is 146 Å². The fourth-order valence-corrected chi connectivity index (χ4v) is 10.7. The quantitative estimate of drug-likeness (QED) is 0.488. The van der Waals surface area contributed by atoms with E-state index >= 15 is 0 Å². The van der Waals surface area contributed by atoms with Gasteiger partial charge < -0.3 is 10.6 Å². The van der Waals surface area contributed by atoms with E-state index in [2.05, 4.69) is 15.6 Å². The summed E-state index contributed by atoms with van der Waals surface area (Å²) >= 11 is 0. The van der Waals surface area contributed by atoms with Gasteiger partial charge in [0.1, 0.15) is 6.33 Å². The molecule has 1 aromatic rings. The van der Waals surface area contributed by atoms with Gasteiger partial charge in [0.2, 0.25) is 0 Å². The van der Waals surface area contributed by atoms with Crippen LogP contribution in [0.5, 0.6) is 0 Å².